The molecule has 0 aliphatic rings. The van der Waals surface area contributed by atoms with Crippen molar-refractivity contribution in [1.29, 1.82) is 0 Å². The van der Waals surface area contributed by atoms with Crippen molar-refractivity contribution in [2.75, 3.05) is 19.5 Å². The predicted molar refractivity (Wildman–Crippen MR) is 102 cm³/mol. The van der Waals surface area contributed by atoms with Crippen molar-refractivity contribution < 1.29 is 24.2 Å². The van der Waals surface area contributed by atoms with Gasteiger partial charge in [-0.2, -0.15) is 0 Å². The number of hydrogen-bond acceptors (Lipinski definition) is 5. The molecule has 0 saturated carbocycles. The Hall–Kier alpha value is -2.54. The number of ether oxygens (including phenoxy) is 2. The number of methoxy groups -OCH3 is 2. The lowest BCUT2D eigenvalue weighted by Gasteiger charge is -2.14. The first kappa shape index (κ1) is 19.8. The number of carboxylic acids is 1. The fourth-order valence-electron chi connectivity index (χ4n) is 2.68. The fourth-order valence-corrected chi connectivity index (χ4v) is 3.93. The summed E-state index contributed by atoms with van der Waals surface area (Å²) in [5.74, 6) is -0.882. The van der Waals surface area contributed by atoms with Gasteiger partial charge in [-0.15, -0.1) is 11.3 Å². The number of nitrogens with one attached hydrogen (secondary N) is 1. The van der Waals surface area contributed by atoms with Gasteiger partial charge in [0.15, 0.2) is 11.5 Å². The number of rotatable bonds is 8. The van der Waals surface area contributed by atoms with Crippen LogP contribution in [0, 0.1) is 0 Å². The van der Waals surface area contributed by atoms with Gasteiger partial charge in [-0.05, 0) is 36.6 Å². The van der Waals surface area contributed by atoms with Crippen LogP contribution in [0.1, 0.15) is 50.7 Å². The Morgan fingerprint density at radius 2 is 1.88 bits per heavy atom. The number of aromatic carboxylic acids is 1. The molecule has 0 bridgehead atoms. The molecule has 1 heterocycles. The quantitative estimate of drug-likeness (QED) is 0.719. The lowest BCUT2D eigenvalue weighted by molar-refractivity contribution is 0.0696. The Morgan fingerprint density at radius 1 is 1.15 bits per heavy atom. The van der Waals surface area contributed by atoms with E-state index in [0.717, 1.165) is 19.3 Å². The third kappa shape index (κ3) is 4.16. The SMILES string of the molecule is CCCc1sc(C(=O)Nc2cc(C(=O)O)cc(OC)c2OC)cc1CC. The maximum Gasteiger partial charge on any atom is 0.335 e. The molecule has 1 amide bonds. The highest BCUT2D eigenvalue weighted by molar-refractivity contribution is 7.14. The minimum absolute atomic E-state index is 0.00467. The molecule has 0 atom stereocenters. The predicted octanol–water partition coefficient (Wildman–Crippen LogP) is 4.23. The smallest absolute Gasteiger partial charge is 0.335 e. The van der Waals surface area contributed by atoms with Crippen LogP contribution >= 0.6 is 11.3 Å². The maximum absolute atomic E-state index is 12.7. The van der Waals surface area contributed by atoms with Crippen LogP contribution in [-0.2, 0) is 12.8 Å². The molecule has 0 aliphatic heterocycles. The fraction of sp³-hybridized carbons (Fsp3) is 0.368. The van der Waals surface area contributed by atoms with Gasteiger partial charge in [0.2, 0.25) is 0 Å². The summed E-state index contributed by atoms with van der Waals surface area (Å²) in [4.78, 5) is 25.8. The van der Waals surface area contributed by atoms with Gasteiger partial charge < -0.3 is 19.9 Å². The van der Waals surface area contributed by atoms with Crippen LogP contribution < -0.4 is 14.8 Å². The molecule has 2 rings (SSSR count). The van der Waals surface area contributed by atoms with E-state index in [9.17, 15) is 14.7 Å². The van der Waals surface area contributed by atoms with Crippen LogP contribution in [-0.4, -0.2) is 31.2 Å². The van der Waals surface area contributed by atoms with Gasteiger partial charge in [-0.1, -0.05) is 20.3 Å². The van der Waals surface area contributed by atoms with Crippen LogP contribution in [0.4, 0.5) is 5.69 Å². The van der Waals surface area contributed by atoms with E-state index in [1.54, 1.807) is 0 Å². The summed E-state index contributed by atoms with van der Waals surface area (Å²) >= 11 is 1.47. The largest absolute Gasteiger partial charge is 0.493 e. The van der Waals surface area contributed by atoms with Crippen molar-refractivity contribution in [3.05, 3.63) is 39.1 Å². The van der Waals surface area contributed by atoms with Crippen LogP contribution in [0.2, 0.25) is 0 Å². The zero-order valence-electron chi connectivity index (χ0n) is 15.3. The second kappa shape index (κ2) is 8.71. The van der Waals surface area contributed by atoms with E-state index in [0.29, 0.717) is 4.88 Å². The van der Waals surface area contributed by atoms with Gasteiger partial charge in [0.25, 0.3) is 5.91 Å². The van der Waals surface area contributed by atoms with E-state index in [1.807, 2.05) is 6.07 Å². The highest BCUT2D eigenvalue weighted by Crippen LogP contribution is 2.37. The number of benzene rings is 1. The second-order valence-electron chi connectivity index (χ2n) is 5.68. The molecule has 1 aromatic carbocycles. The normalized spacial score (nSPS) is 10.5. The number of carboxylic acid groups (broad SMARTS) is 1. The first-order valence-corrected chi connectivity index (χ1v) is 9.18. The Bertz CT molecular complexity index is 813. The van der Waals surface area contributed by atoms with E-state index < -0.39 is 5.97 Å². The van der Waals surface area contributed by atoms with Crippen LogP contribution in [0.3, 0.4) is 0 Å². The third-order valence-electron chi connectivity index (χ3n) is 3.95. The number of carbonyl (C=O) groups is 2. The first-order chi connectivity index (χ1) is 12.4. The van der Waals surface area contributed by atoms with Gasteiger partial charge >= 0.3 is 5.97 Å². The van der Waals surface area contributed by atoms with E-state index in [-0.39, 0.29) is 28.7 Å². The lowest BCUT2D eigenvalue weighted by atomic mass is 10.1. The van der Waals surface area contributed by atoms with E-state index >= 15 is 0 Å². The Kier molecular flexibility index (Phi) is 6.63. The highest BCUT2D eigenvalue weighted by atomic mass is 32.1. The summed E-state index contributed by atoms with van der Waals surface area (Å²) < 4.78 is 10.5. The Labute approximate surface area is 156 Å². The summed E-state index contributed by atoms with van der Waals surface area (Å²) in [6.07, 6.45) is 2.82. The number of hydrogen-bond donors (Lipinski definition) is 2. The van der Waals surface area contributed by atoms with Gasteiger partial charge in [-0.25, -0.2) is 4.79 Å². The molecule has 26 heavy (non-hydrogen) atoms. The molecule has 0 fully saturated rings. The van der Waals surface area contributed by atoms with E-state index in [2.05, 4.69) is 19.2 Å². The molecule has 6 nitrogen and oxygen atoms in total. The molecular formula is C19H23NO5S. The monoisotopic (exact) mass is 377 g/mol. The Morgan fingerprint density at radius 3 is 2.42 bits per heavy atom. The maximum atomic E-state index is 12.7. The molecule has 0 radical (unpaired) electrons. The molecule has 2 N–H and O–H groups in total. The summed E-state index contributed by atoms with van der Waals surface area (Å²) in [5, 5.41) is 12.0. The first-order valence-electron chi connectivity index (χ1n) is 8.37. The molecule has 1 aromatic heterocycles. The average molecular weight is 377 g/mol. The van der Waals surface area contributed by atoms with Gasteiger partial charge in [0.1, 0.15) is 0 Å². The average Bonchev–Trinajstić information content (AvgIpc) is 3.04. The summed E-state index contributed by atoms with van der Waals surface area (Å²) in [6.45, 7) is 4.17. The number of amides is 1. The van der Waals surface area contributed by atoms with E-state index in [4.69, 9.17) is 9.47 Å². The van der Waals surface area contributed by atoms with Crippen LogP contribution in [0.15, 0.2) is 18.2 Å². The van der Waals surface area contributed by atoms with Crippen molar-refractivity contribution in [3.8, 4) is 11.5 Å². The van der Waals surface area contributed by atoms with Crippen molar-refractivity contribution in [2.45, 2.75) is 33.1 Å². The van der Waals surface area contributed by atoms with E-state index in [1.165, 1.54) is 48.1 Å². The zero-order chi connectivity index (χ0) is 19.3. The Balaban J connectivity index is 2.39. The molecule has 2 aromatic rings. The molecular weight excluding hydrogens is 354 g/mol. The van der Waals surface area contributed by atoms with Crippen molar-refractivity contribution in [3.63, 3.8) is 0 Å². The zero-order valence-corrected chi connectivity index (χ0v) is 16.2. The van der Waals surface area contributed by atoms with Crippen molar-refractivity contribution >= 4 is 28.9 Å². The number of aryl methyl sites for hydroxylation is 2. The number of thiophene rings is 1. The van der Waals surface area contributed by atoms with Gasteiger partial charge in [0, 0.05) is 4.88 Å². The third-order valence-corrected chi connectivity index (χ3v) is 5.19. The summed E-state index contributed by atoms with van der Waals surface area (Å²) in [6, 6.07) is 4.62. The molecule has 0 unspecified atom stereocenters. The molecule has 0 aliphatic carbocycles. The van der Waals surface area contributed by atoms with Crippen molar-refractivity contribution in [1.82, 2.24) is 0 Å². The number of anilines is 1. The highest BCUT2D eigenvalue weighted by Gasteiger charge is 2.20. The molecule has 140 valence electrons. The molecule has 0 saturated heterocycles. The molecule has 0 spiro atoms. The summed E-state index contributed by atoms with van der Waals surface area (Å²) in [7, 11) is 2.85. The van der Waals surface area contributed by atoms with Crippen LogP contribution in [0.5, 0.6) is 11.5 Å². The summed E-state index contributed by atoms with van der Waals surface area (Å²) in [5.41, 5.74) is 1.44. The van der Waals surface area contributed by atoms with Gasteiger partial charge in [0.05, 0.1) is 30.3 Å². The lowest BCUT2D eigenvalue weighted by Crippen LogP contribution is -2.12. The topological polar surface area (TPSA) is 84.9 Å². The number of carbonyl (C=O) groups excluding carboxylic acids is 1. The second-order valence-corrected chi connectivity index (χ2v) is 6.82. The molecule has 7 heteroatoms. The minimum atomic E-state index is -1.11. The van der Waals surface area contributed by atoms with Crippen LogP contribution in [0.25, 0.3) is 0 Å². The standard InChI is InChI=1S/C19H23NO5S/c1-5-7-15-11(6-2)10-16(26-15)18(21)20-13-8-12(19(22)23)9-14(24-3)17(13)25-4/h8-10H,5-7H2,1-4H3,(H,20,21)(H,22,23). The van der Waals surface area contributed by atoms with Gasteiger partial charge in [-0.3, -0.25) is 4.79 Å². The minimum Gasteiger partial charge on any atom is -0.493 e. The van der Waals surface area contributed by atoms with Crippen molar-refractivity contribution in [2.24, 2.45) is 0 Å².